The van der Waals surface area contributed by atoms with Crippen LogP contribution in [0.3, 0.4) is 0 Å². The number of amides is 1. The van der Waals surface area contributed by atoms with Crippen molar-refractivity contribution in [1.29, 1.82) is 0 Å². The first-order valence-electron chi connectivity index (χ1n) is 12.2. The van der Waals surface area contributed by atoms with Crippen LogP contribution < -0.4 is 4.90 Å². The van der Waals surface area contributed by atoms with Gasteiger partial charge in [-0.15, -0.1) is 21.5 Å². The predicted octanol–water partition coefficient (Wildman–Crippen LogP) is 5.79. The molecule has 0 bridgehead atoms. The molecule has 1 fully saturated rings. The Morgan fingerprint density at radius 1 is 1.17 bits per heavy atom. The Morgan fingerprint density at radius 2 is 1.97 bits per heavy atom. The summed E-state index contributed by atoms with van der Waals surface area (Å²) in [7, 11) is 4.04. The second-order valence-corrected chi connectivity index (χ2v) is 11.3. The molecule has 184 valence electrons. The van der Waals surface area contributed by atoms with Crippen molar-refractivity contribution in [2.24, 2.45) is 11.0 Å². The van der Waals surface area contributed by atoms with E-state index in [1.54, 1.807) is 16.3 Å². The van der Waals surface area contributed by atoms with Crippen LogP contribution in [0.1, 0.15) is 60.9 Å². The Kier molecular flexibility index (Phi) is 7.53. The molecule has 1 saturated carbocycles. The SMILES string of the molecule is CN(C)c1ccc(C2CC(c3cccs3)=NN2C(=O)CSc2nnc(CCC3CCCC3)o2)cc1. The summed E-state index contributed by atoms with van der Waals surface area (Å²) in [4.78, 5) is 16.5. The number of carbonyl (C=O) groups is 1. The summed E-state index contributed by atoms with van der Waals surface area (Å²) in [5, 5.41) is 17.2. The minimum absolute atomic E-state index is 0.0612. The maximum atomic E-state index is 13.3. The number of carbonyl (C=O) groups excluding carboxylic acids is 1. The number of hydrogen-bond acceptors (Lipinski definition) is 8. The van der Waals surface area contributed by atoms with E-state index in [4.69, 9.17) is 9.52 Å². The first-order valence-corrected chi connectivity index (χ1v) is 14.1. The number of rotatable bonds is 9. The third-order valence-corrected chi connectivity index (χ3v) is 8.50. The molecule has 3 aromatic rings. The molecule has 2 aliphatic rings. The molecule has 1 aromatic carbocycles. The van der Waals surface area contributed by atoms with Crippen molar-refractivity contribution < 1.29 is 9.21 Å². The number of anilines is 1. The van der Waals surface area contributed by atoms with Gasteiger partial charge in [0.25, 0.3) is 11.1 Å². The maximum absolute atomic E-state index is 13.3. The molecule has 0 N–H and O–H groups in total. The second kappa shape index (κ2) is 11.0. The van der Waals surface area contributed by atoms with Gasteiger partial charge in [-0.1, -0.05) is 55.6 Å². The molecular weight excluding hydrogens is 478 g/mol. The first kappa shape index (κ1) is 24.1. The van der Waals surface area contributed by atoms with Gasteiger partial charge in [0.05, 0.1) is 22.4 Å². The van der Waals surface area contributed by atoms with E-state index in [1.807, 2.05) is 25.5 Å². The Morgan fingerprint density at radius 3 is 2.69 bits per heavy atom. The molecule has 0 radical (unpaired) electrons. The Balaban J connectivity index is 1.25. The van der Waals surface area contributed by atoms with Crippen LogP contribution in [0.15, 0.2) is 56.5 Å². The molecule has 7 nitrogen and oxygen atoms in total. The average Bonchev–Trinajstić information content (AvgIpc) is 3.68. The zero-order chi connectivity index (χ0) is 24.2. The van der Waals surface area contributed by atoms with Gasteiger partial charge in [-0.3, -0.25) is 4.79 Å². The van der Waals surface area contributed by atoms with Crippen LogP contribution in [0.2, 0.25) is 0 Å². The van der Waals surface area contributed by atoms with Crippen LogP contribution in [-0.4, -0.2) is 46.7 Å². The van der Waals surface area contributed by atoms with Crippen molar-refractivity contribution in [1.82, 2.24) is 15.2 Å². The van der Waals surface area contributed by atoms with Crippen molar-refractivity contribution in [3.8, 4) is 0 Å². The van der Waals surface area contributed by atoms with E-state index in [0.29, 0.717) is 17.5 Å². The van der Waals surface area contributed by atoms with E-state index in [0.717, 1.165) is 40.6 Å². The van der Waals surface area contributed by atoms with Crippen LogP contribution in [0.5, 0.6) is 0 Å². The summed E-state index contributed by atoms with van der Waals surface area (Å²) in [6.07, 6.45) is 7.92. The zero-order valence-corrected chi connectivity index (χ0v) is 21.9. The van der Waals surface area contributed by atoms with Crippen molar-refractivity contribution in [2.45, 2.75) is 56.2 Å². The van der Waals surface area contributed by atoms with Crippen LogP contribution >= 0.6 is 23.1 Å². The fraction of sp³-hybridized carbons (Fsp3) is 0.462. The lowest BCUT2D eigenvalue weighted by Crippen LogP contribution is -2.28. The van der Waals surface area contributed by atoms with E-state index in [1.165, 1.54) is 37.4 Å². The highest BCUT2D eigenvalue weighted by atomic mass is 32.2. The number of benzene rings is 1. The topological polar surface area (TPSA) is 74.8 Å². The summed E-state index contributed by atoms with van der Waals surface area (Å²) in [5.41, 5.74) is 3.16. The minimum Gasteiger partial charge on any atom is -0.416 e. The highest BCUT2D eigenvalue weighted by molar-refractivity contribution is 7.99. The number of hydrogen-bond donors (Lipinski definition) is 0. The van der Waals surface area contributed by atoms with Gasteiger partial charge < -0.3 is 9.32 Å². The largest absolute Gasteiger partial charge is 0.416 e. The van der Waals surface area contributed by atoms with Crippen LogP contribution in [0, 0.1) is 5.92 Å². The standard InChI is InChI=1S/C26H31N5O2S2/c1-30(2)20-12-10-19(11-13-20)22-16-21(23-8-5-15-34-23)29-31(22)25(32)17-35-26-28-27-24(33-26)14-9-18-6-3-4-7-18/h5,8,10-13,15,18,22H,3-4,6-7,9,14,16-17H2,1-2H3. The summed E-state index contributed by atoms with van der Waals surface area (Å²) < 4.78 is 5.81. The molecule has 1 unspecified atom stereocenters. The molecule has 1 aliphatic carbocycles. The zero-order valence-electron chi connectivity index (χ0n) is 20.2. The summed E-state index contributed by atoms with van der Waals surface area (Å²) in [6.45, 7) is 0. The predicted molar refractivity (Wildman–Crippen MR) is 141 cm³/mol. The van der Waals surface area contributed by atoms with Crippen molar-refractivity contribution in [3.63, 3.8) is 0 Å². The van der Waals surface area contributed by atoms with Gasteiger partial charge in [0, 0.05) is 32.6 Å². The Hall–Kier alpha value is -2.65. The minimum atomic E-state index is -0.124. The van der Waals surface area contributed by atoms with Crippen molar-refractivity contribution in [3.05, 3.63) is 58.1 Å². The lowest BCUT2D eigenvalue weighted by atomic mass is 10.0. The fourth-order valence-corrected chi connectivity index (χ4v) is 6.15. The average molecular weight is 510 g/mol. The van der Waals surface area contributed by atoms with Gasteiger partial charge in [-0.2, -0.15) is 5.10 Å². The molecule has 3 heterocycles. The monoisotopic (exact) mass is 509 g/mol. The van der Waals surface area contributed by atoms with Gasteiger partial charge in [0.2, 0.25) is 5.89 Å². The van der Waals surface area contributed by atoms with E-state index in [-0.39, 0.29) is 17.7 Å². The second-order valence-electron chi connectivity index (χ2n) is 9.41. The number of nitrogens with zero attached hydrogens (tertiary/aromatic N) is 5. The van der Waals surface area contributed by atoms with E-state index in [9.17, 15) is 4.79 Å². The van der Waals surface area contributed by atoms with Gasteiger partial charge in [-0.25, -0.2) is 5.01 Å². The quantitative estimate of drug-likeness (QED) is 0.340. The molecule has 1 aliphatic heterocycles. The number of thioether (sulfide) groups is 1. The molecule has 1 atom stereocenters. The lowest BCUT2D eigenvalue weighted by molar-refractivity contribution is -0.130. The van der Waals surface area contributed by atoms with E-state index >= 15 is 0 Å². The van der Waals surface area contributed by atoms with Gasteiger partial charge in [0.15, 0.2) is 0 Å². The van der Waals surface area contributed by atoms with E-state index in [2.05, 4.69) is 45.4 Å². The van der Waals surface area contributed by atoms with Crippen LogP contribution in [0.4, 0.5) is 5.69 Å². The highest BCUT2D eigenvalue weighted by Gasteiger charge is 2.33. The third kappa shape index (κ3) is 5.78. The van der Waals surface area contributed by atoms with Crippen molar-refractivity contribution in [2.75, 3.05) is 24.7 Å². The summed E-state index contributed by atoms with van der Waals surface area (Å²) in [5.74, 6) is 1.60. The number of aromatic nitrogens is 2. The molecule has 1 amide bonds. The summed E-state index contributed by atoms with van der Waals surface area (Å²) in [6, 6.07) is 12.3. The number of thiophene rings is 1. The smallest absolute Gasteiger partial charge is 0.277 e. The molecule has 2 aromatic heterocycles. The number of hydrazone groups is 1. The highest BCUT2D eigenvalue weighted by Crippen LogP contribution is 2.35. The Bertz CT molecular complexity index is 1150. The van der Waals surface area contributed by atoms with Gasteiger partial charge in [-0.05, 0) is 41.5 Å². The lowest BCUT2D eigenvalue weighted by Gasteiger charge is -2.22. The van der Waals surface area contributed by atoms with Crippen LogP contribution in [0.25, 0.3) is 0 Å². The molecule has 9 heteroatoms. The Labute approximate surface area is 214 Å². The third-order valence-electron chi connectivity index (χ3n) is 6.77. The van der Waals surface area contributed by atoms with Gasteiger partial charge in [0.1, 0.15) is 0 Å². The molecule has 0 spiro atoms. The fourth-order valence-electron chi connectivity index (χ4n) is 4.80. The maximum Gasteiger partial charge on any atom is 0.277 e. The summed E-state index contributed by atoms with van der Waals surface area (Å²) >= 11 is 2.94. The van der Waals surface area contributed by atoms with Crippen molar-refractivity contribution >= 4 is 40.4 Å². The first-order chi connectivity index (χ1) is 17.1. The normalized spacial score (nSPS) is 18.3. The molecular formula is C26H31N5O2S2. The number of aryl methyl sites for hydroxylation is 1. The molecule has 5 rings (SSSR count). The van der Waals surface area contributed by atoms with Crippen LogP contribution in [-0.2, 0) is 11.2 Å². The molecule has 35 heavy (non-hydrogen) atoms. The van der Waals surface area contributed by atoms with E-state index < -0.39 is 0 Å². The van der Waals surface area contributed by atoms with Gasteiger partial charge >= 0.3 is 0 Å². The molecule has 0 saturated heterocycles.